The minimum atomic E-state index is -3.94. The van der Waals surface area contributed by atoms with E-state index in [4.69, 9.17) is 0 Å². The minimum Gasteiger partial charge on any atom is -0.264 e. The third-order valence-corrected chi connectivity index (χ3v) is 6.93. The van der Waals surface area contributed by atoms with Crippen LogP contribution in [0.25, 0.3) is 0 Å². The summed E-state index contributed by atoms with van der Waals surface area (Å²) in [6.45, 7) is 1.12. The van der Waals surface area contributed by atoms with Gasteiger partial charge in [-0.3, -0.25) is 4.98 Å². The van der Waals surface area contributed by atoms with Crippen LogP contribution in [0.2, 0.25) is 0 Å². The molecule has 130 valence electrons. The van der Waals surface area contributed by atoms with Crippen LogP contribution in [0.3, 0.4) is 0 Å². The van der Waals surface area contributed by atoms with Crippen LogP contribution in [-0.2, 0) is 19.9 Å². The molecule has 0 radical (unpaired) electrons. The Hall–Kier alpha value is -1.84. The van der Waals surface area contributed by atoms with Crippen molar-refractivity contribution < 1.29 is 21.2 Å². The minimum absolute atomic E-state index is 0.0894. The maximum atomic E-state index is 13.1. The zero-order valence-corrected chi connectivity index (χ0v) is 14.5. The predicted molar refractivity (Wildman–Crippen MR) is 88.0 cm³/mol. The first kappa shape index (κ1) is 18.5. The molecule has 0 aliphatic carbocycles. The standard InChI is InChI=1S/C15H17FN2O4S2/c1-2-23(19,20)18-11-15(12-4-3-9-17-10-12)24(21,22)14-7-5-13(16)6-8-14/h3-10,15,18H,2,11H2,1H3/t15-/m1/s1. The Balaban J connectivity index is 2.43. The lowest BCUT2D eigenvalue weighted by molar-refractivity contribution is 0.569. The number of hydrogen-bond donors (Lipinski definition) is 1. The second kappa shape index (κ2) is 7.37. The van der Waals surface area contributed by atoms with Crippen molar-refractivity contribution in [2.75, 3.05) is 12.3 Å². The monoisotopic (exact) mass is 372 g/mol. The highest BCUT2D eigenvalue weighted by Crippen LogP contribution is 2.28. The van der Waals surface area contributed by atoms with Gasteiger partial charge in [0.05, 0.1) is 10.6 Å². The van der Waals surface area contributed by atoms with Crippen LogP contribution < -0.4 is 4.72 Å². The number of nitrogens with one attached hydrogen (secondary N) is 1. The van der Waals surface area contributed by atoms with E-state index in [0.29, 0.717) is 5.56 Å². The maximum absolute atomic E-state index is 13.1. The van der Waals surface area contributed by atoms with Gasteiger partial charge in [0.2, 0.25) is 10.0 Å². The average Bonchev–Trinajstić information content (AvgIpc) is 2.56. The first-order chi connectivity index (χ1) is 11.3. The Morgan fingerprint density at radius 1 is 1.12 bits per heavy atom. The zero-order valence-electron chi connectivity index (χ0n) is 12.9. The van der Waals surface area contributed by atoms with Gasteiger partial charge in [0.1, 0.15) is 11.1 Å². The third-order valence-electron chi connectivity index (χ3n) is 3.44. The van der Waals surface area contributed by atoms with E-state index in [1.165, 1.54) is 19.3 Å². The lowest BCUT2D eigenvalue weighted by atomic mass is 10.2. The highest BCUT2D eigenvalue weighted by atomic mass is 32.2. The van der Waals surface area contributed by atoms with Crippen LogP contribution in [0.5, 0.6) is 0 Å². The molecule has 0 aliphatic rings. The van der Waals surface area contributed by atoms with Crippen LogP contribution in [0, 0.1) is 5.82 Å². The molecule has 24 heavy (non-hydrogen) atoms. The number of sulfone groups is 1. The SMILES string of the molecule is CCS(=O)(=O)NC[C@H](c1cccnc1)S(=O)(=O)c1ccc(F)cc1. The van der Waals surface area contributed by atoms with E-state index in [0.717, 1.165) is 24.3 Å². The molecule has 0 unspecified atom stereocenters. The van der Waals surface area contributed by atoms with Crippen molar-refractivity contribution in [3.63, 3.8) is 0 Å². The van der Waals surface area contributed by atoms with Crippen molar-refractivity contribution in [3.05, 3.63) is 60.2 Å². The van der Waals surface area contributed by atoms with Crippen molar-refractivity contribution in [1.29, 1.82) is 0 Å². The molecule has 1 aromatic carbocycles. The van der Waals surface area contributed by atoms with Gasteiger partial charge < -0.3 is 0 Å². The smallest absolute Gasteiger partial charge is 0.211 e. The number of aromatic nitrogens is 1. The van der Waals surface area contributed by atoms with E-state index in [1.807, 2.05) is 0 Å². The number of benzene rings is 1. The molecule has 1 heterocycles. The number of pyridine rings is 1. The van der Waals surface area contributed by atoms with E-state index in [9.17, 15) is 21.2 Å². The Kier molecular flexibility index (Phi) is 5.68. The topological polar surface area (TPSA) is 93.2 Å². The number of rotatable bonds is 7. The molecule has 1 atom stereocenters. The van der Waals surface area contributed by atoms with Gasteiger partial charge >= 0.3 is 0 Å². The molecule has 0 fully saturated rings. The van der Waals surface area contributed by atoms with Crippen molar-refractivity contribution in [3.8, 4) is 0 Å². The number of hydrogen-bond acceptors (Lipinski definition) is 5. The normalized spacial score (nSPS) is 13.6. The number of nitrogens with zero attached hydrogens (tertiary/aromatic N) is 1. The lowest BCUT2D eigenvalue weighted by Gasteiger charge is -2.18. The predicted octanol–water partition coefficient (Wildman–Crippen LogP) is 1.68. The van der Waals surface area contributed by atoms with Crippen LogP contribution in [-0.4, -0.2) is 34.1 Å². The molecule has 0 saturated heterocycles. The Labute approximate surface area is 140 Å². The summed E-state index contributed by atoms with van der Waals surface area (Å²) < 4.78 is 64.4. The fraction of sp³-hybridized carbons (Fsp3) is 0.267. The second-order valence-electron chi connectivity index (χ2n) is 5.03. The summed E-state index contributed by atoms with van der Waals surface area (Å²) >= 11 is 0. The molecule has 1 aromatic heterocycles. The molecular weight excluding hydrogens is 355 g/mol. The number of sulfonamides is 1. The van der Waals surface area contributed by atoms with Gasteiger partial charge in [-0.25, -0.2) is 25.9 Å². The van der Waals surface area contributed by atoms with Crippen LogP contribution in [0.1, 0.15) is 17.7 Å². The average molecular weight is 372 g/mol. The van der Waals surface area contributed by atoms with Gasteiger partial charge in [0.25, 0.3) is 0 Å². The molecule has 0 bridgehead atoms. The summed E-state index contributed by atoms with van der Waals surface area (Å²) in [4.78, 5) is 3.80. The molecule has 2 aromatic rings. The molecular formula is C15H17FN2O4S2. The molecule has 6 nitrogen and oxygen atoms in total. The Bertz CT molecular complexity index is 883. The van der Waals surface area contributed by atoms with Crippen LogP contribution in [0.4, 0.5) is 4.39 Å². The van der Waals surface area contributed by atoms with Gasteiger partial charge in [-0.2, -0.15) is 0 Å². The molecule has 0 saturated carbocycles. The molecule has 0 spiro atoms. The van der Waals surface area contributed by atoms with Crippen LogP contribution >= 0.6 is 0 Å². The largest absolute Gasteiger partial charge is 0.264 e. The fourth-order valence-corrected chi connectivity index (χ4v) is 4.44. The van der Waals surface area contributed by atoms with Gasteiger partial charge in [0, 0.05) is 18.9 Å². The zero-order chi connectivity index (χ0) is 17.8. The summed E-state index contributed by atoms with van der Waals surface area (Å²) in [5.41, 5.74) is 0.348. The van der Waals surface area contributed by atoms with Gasteiger partial charge in [-0.05, 0) is 42.8 Å². The van der Waals surface area contributed by atoms with Crippen molar-refractivity contribution >= 4 is 19.9 Å². The molecule has 0 amide bonds. The summed E-state index contributed by atoms with van der Waals surface area (Å²) in [5, 5.41) is -1.17. The fourth-order valence-electron chi connectivity index (χ4n) is 2.07. The second-order valence-corrected chi connectivity index (χ2v) is 9.25. The Morgan fingerprint density at radius 2 is 1.79 bits per heavy atom. The first-order valence-electron chi connectivity index (χ1n) is 7.13. The number of halogens is 1. The van der Waals surface area contributed by atoms with Gasteiger partial charge in [-0.15, -0.1) is 0 Å². The van der Waals surface area contributed by atoms with Gasteiger partial charge in [0.15, 0.2) is 9.84 Å². The van der Waals surface area contributed by atoms with Gasteiger partial charge in [-0.1, -0.05) is 6.07 Å². The Morgan fingerprint density at radius 3 is 2.33 bits per heavy atom. The molecule has 1 N–H and O–H groups in total. The van der Waals surface area contributed by atoms with E-state index < -0.39 is 30.9 Å². The van der Waals surface area contributed by atoms with Crippen LogP contribution in [0.15, 0.2) is 53.7 Å². The maximum Gasteiger partial charge on any atom is 0.211 e. The molecule has 0 aliphatic heterocycles. The summed E-state index contributed by atoms with van der Waals surface area (Å²) in [5.74, 6) is -0.720. The quantitative estimate of drug-likeness (QED) is 0.747. The highest BCUT2D eigenvalue weighted by molar-refractivity contribution is 7.92. The summed E-state index contributed by atoms with van der Waals surface area (Å²) in [6.07, 6.45) is 2.85. The third kappa shape index (κ3) is 4.37. The van der Waals surface area contributed by atoms with Crippen molar-refractivity contribution in [2.45, 2.75) is 17.1 Å². The van der Waals surface area contributed by atoms with E-state index >= 15 is 0 Å². The van der Waals surface area contributed by atoms with Crippen molar-refractivity contribution in [2.24, 2.45) is 0 Å². The van der Waals surface area contributed by atoms with E-state index in [1.54, 1.807) is 12.1 Å². The van der Waals surface area contributed by atoms with Crippen molar-refractivity contribution in [1.82, 2.24) is 9.71 Å². The van der Waals surface area contributed by atoms with E-state index in [-0.39, 0.29) is 17.2 Å². The summed E-state index contributed by atoms with van der Waals surface area (Å²) in [7, 11) is -7.50. The first-order valence-corrected chi connectivity index (χ1v) is 10.3. The van der Waals surface area contributed by atoms with E-state index in [2.05, 4.69) is 9.71 Å². The summed E-state index contributed by atoms with van der Waals surface area (Å²) in [6, 6.07) is 7.52. The lowest BCUT2D eigenvalue weighted by Crippen LogP contribution is -2.33. The molecule has 9 heteroatoms. The highest BCUT2D eigenvalue weighted by Gasteiger charge is 2.30. The molecule has 2 rings (SSSR count).